The van der Waals surface area contributed by atoms with E-state index < -0.39 is 0 Å². The van der Waals surface area contributed by atoms with Crippen molar-refractivity contribution >= 4 is 21.6 Å². The van der Waals surface area contributed by atoms with Crippen LogP contribution in [0.2, 0.25) is 0 Å². The van der Waals surface area contributed by atoms with Crippen molar-refractivity contribution in [1.29, 1.82) is 0 Å². The van der Waals surface area contributed by atoms with E-state index >= 15 is 0 Å². The molecule has 12 heavy (non-hydrogen) atoms. The van der Waals surface area contributed by atoms with Gasteiger partial charge in [-0.1, -0.05) is 21.6 Å². The predicted octanol–water partition coefficient (Wildman–Crippen LogP) is 0.616. The van der Waals surface area contributed by atoms with Crippen molar-refractivity contribution < 1.29 is 4.74 Å². The monoisotopic (exact) mass is 208 g/mol. The van der Waals surface area contributed by atoms with Crippen molar-refractivity contribution in [3.8, 4) is 0 Å². The molecule has 0 atom stereocenters. The van der Waals surface area contributed by atoms with Crippen molar-refractivity contribution in [3.05, 3.63) is 0 Å². The maximum Gasteiger partial charge on any atom is 0.0594 e. The predicted molar refractivity (Wildman–Crippen MR) is 56.4 cm³/mol. The summed E-state index contributed by atoms with van der Waals surface area (Å²) >= 11 is 0. The van der Waals surface area contributed by atoms with Crippen LogP contribution in [0.25, 0.3) is 0 Å². The van der Waals surface area contributed by atoms with Gasteiger partial charge in [-0.25, -0.2) is 0 Å². The van der Waals surface area contributed by atoms with E-state index in [1.807, 2.05) is 10.8 Å². The molecule has 1 fully saturated rings. The average Bonchev–Trinajstić information content (AvgIpc) is 2.14. The van der Waals surface area contributed by atoms with Gasteiger partial charge in [-0.15, -0.1) is 0 Å². The van der Waals surface area contributed by atoms with Gasteiger partial charge in [0.05, 0.1) is 13.2 Å². The molecule has 0 spiro atoms. The number of hydrogen-bond donors (Lipinski definition) is 1. The first kappa shape index (κ1) is 10.7. The maximum absolute atomic E-state index is 5.36. The number of ether oxygens (including phenoxy) is 1. The van der Waals surface area contributed by atoms with Crippen molar-refractivity contribution in [3.63, 3.8) is 0 Å². The van der Waals surface area contributed by atoms with Crippen LogP contribution in [0.5, 0.6) is 0 Å². The smallest absolute Gasteiger partial charge is 0.0594 e. The van der Waals surface area contributed by atoms with Gasteiger partial charge >= 0.3 is 0 Å². The van der Waals surface area contributed by atoms with Gasteiger partial charge in [0.2, 0.25) is 0 Å². The summed E-state index contributed by atoms with van der Waals surface area (Å²) in [6.45, 7) is 5.14. The van der Waals surface area contributed by atoms with E-state index in [1.165, 1.54) is 12.3 Å². The molecule has 0 aromatic carbocycles. The van der Waals surface area contributed by atoms with E-state index in [-0.39, 0.29) is 0 Å². The first-order chi connectivity index (χ1) is 5.93. The molecule has 1 rings (SSSR count). The molecule has 0 bridgehead atoms. The van der Waals surface area contributed by atoms with E-state index in [4.69, 9.17) is 10.5 Å². The van der Waals surface area contributed by atoms with Gasteiger partial charge < -0.3 is 10.5 Å². The Morgan fingerprint density at radius 2 is 2.00 bits per heavy atom. The van der Waals surface area contributed by atoms with Gasteiger partial charge in [0.1, 0.15) is 0 Å². The lowest BCUT2D eigenvalue weighted by molar-refractivity contribution is 0.0410. The van der Waals surface area contributed by atoms with Crippen molar-refractivity contribution in [2.75, 3.05) is 44.5 Å². The molecule has 0 aliphatic carbocycles. The highest BCUT2D eigenvalue weighted by molar-refractivity contribution is 8.76. The Morgan fingerprint density at radius 3 is 2.67 bits per heavy atom. The molecule has 2 N–H and O–H groups in total. The van der Waals surface area contributed by atoms with Crippen LogP contribution in [-0.4, -0.2) is 49.4 Å². The maximum atomic E-state index is 5.36. The number of rotatable bonds is 5. The fourth-order valence-electron chi connectivity index (χ4n) is 1.10. The normalized spacial score (nSPS) is 19.8. The molecule has 0 aromatic heterocycles. The Bertz CT molecular complexity index is 110. The first-order valence-corrected chi connectivity index (χ1v) is 6.67. The summed E-state index contributed by atoms with van der Waals surface area (Å²) < 4.78 is 5.25. The number of nitrogens with zero attached hydrogens (tertiary/aromatic N) is 1. The van der Waals surface area contributed by atoms with Crippen LogP contribution in [0.4, 0.5) is 0 Å². The van der Waals surface area contributed by atoms with Crippen LogP contribution in [0, 0.1) is 0 Å². The molecule has 3 nitrogen and oxygen atoms in total. The SMILES string of the molecule is NCSSCCN1CCOCC1. The molecule has 0 amide bonds. The van der Waals surface area contributed by atoms with Crippen molar-refractivity contribution in [1.82, 2.24) is 4.90 Å². The Hall–Kier alpha value is 0.580. The minimum atomic E-state index is 0.716. The second-order valence-corrected chi connectivity index (χ2v) is 5.19. The first-order valence-electron chi connectivity index (χ1n) is 4.18. The van der Waals surface area contributed by atoms with Crippen molar-refractivity contribution in [2.45, 2.75) is 0 Å². The third kappa shape index (κ3) is 4.57. The molecule has 1 heterocycles. The number of nitrogens with two attached hydrogens (primary N) is 1. The summed E-state index contributed by atoms with van der Waals surface area (Å²) in [5.41, 5.74) is 5.36. The van der Waals surface area contributed by atoms with Crippen LogP contribution < -0.4 is 5.73 Å². The average molecular weight is 208 g/mol. The number of morpholine rings is 1. The highest BCUT2D eigenvalue weighted by Gasteiger charge is 2.08. The summed E-state index contributed by atoms with van der Waals surface area (Å²) in [6, 6.07) is 0. The van der Waals surface area contributed by atoms with Gasteiger partial charge in [-0.05, 0) is 0 Å². The Kier molecular flexibility index (Phi) is 6.24. The lowest BCUT2D eigenvalue weighted by Crippen LogP contribution is -2.37. The Morgan fingerprint density at radius 1 is 1.25 bits per heavy atom. The molecule has 0 saturated carbocycles. The van der Waals surface area contributed by atoms with E-state index in [0.717, 1.165) is 26.3 Å². The molecule has 1 aliphatic rings. The molecule has 0 unspecified atom stereocenters. The summed E-state index contributed by atoms with van der Waals surface area (Å²) in [6.07, 6.45) is 0. The molecule has 0 aromatic rings. The standard InChI is InChI=1S/C7H16N2OS2/c8-7-12-11-6-3-9-1-4-10-5-2-9/h1-8H2. The van der Waals surface area contributed by atoms with Crippen LogP contribution in [0.3, 0.4) is 0 Å². The van der Waals surface area contributed by atoms with E-state index in [1.54, 1.807) is 10.8 Å². The Labute approximate surface area is 81.8 Å². The molecule has 0 radical (unpaired) electrons. The second kappa shape index (κ2) is 7.03. The van der Waals surface area contributed by atoms with Crippen LogP contribution >= 0.6 is 21.6 Å². The van der Waals surface area contributed by atoms with E-state index in [9.17, 15) is 0 Å². The van der Waals surface area contributed by atoms with Gasteiger partial charge in [0.15, 0.2) is 0 Å². The van der Waals surface area contributed by atoms with Crippen LogP contribution in [0.1, 0.15) is 0 Å². The third-order valence-corrected chi connectivity index (χ3v) is 3.81. The summed E-state index contributed by atoms with van der Waals surface area (Å²) in [7, 11) is 3.59. The molecule has 1 saturated heterocycles. The molecular weight excluding hydrogens is 192 g/mol. The highest BCUT2D eigenvalue weighted by Crippen LogP contribution is 2.18. The van der Waals surface area contributed by atoms with Gasteiger partial charge in [-0.2, -0.15) is 0 Å². The lowest BCUT2D eigenvalue weighted by atomic mass is 10.4. The third-order valence-electron chi connectivity index (χ3n) is 1.75. The van der Waals surface area contributed by atoms with Crippen LogP contribution in [0.15, 0.2) is 0 Å². The molecule has 1 aliphatic heterocycles. The summed E-state index contributed by atoms with van der Waals surface area (Å²) in [5.74, 6) is 1.88. The lowest BCUT2D eigenvalue weighted by Gasteiger charge is -2.26. The quantitative estimate of drug-likeness (QED) is 0.407. The largest absolute Gasteiger partial charge is 0.379 e. The fourth-order valence-corrected chi connectivity index (χ4v) is 2.51. The van der Waals surface area contributed by atoms with Crippen molar-refractivity contribution in [2.24, 2.45) is 5.73 Å². The minimum absolute atomic E-state index is 0.716. The van der Waals surface area contributed by atoms with Gasteiger partial charge in [0, 0.05) is 31.3 Å². The molecular formula is C7H16N2OS2. The topological polar surface area (TPSA) is 38.5 Å². The Balaban J connectivity index is 1.91. The van der Waals surface area contributed by atoms with E-state index in [0.29, 0.717) is 5.88 Å². The van der Waals surface area contributed by atoms with E-state index in [2.05, 4.69) is 4.90 Å². The minimum Gasteiger partial charge on any atom is -0.379 e. The summed E-state index contributed by atoms with van der Waals surface area (Å²) in [4.78, 5) is 2.44. The van der Waals surface area contributed by atoms with Gasteiger partial charge in [0.25, 0.3) is 0 Å². The second-order valence-electron chi connectivity index (χ2n) is 2.56. The number of hydrogen-bond acceptors (Lipinski definition) is 5. The zero-order chi connectivity index (χ0) is 8.65. The highest BCUT2D eigenvalue weighted by atomic mass is 33.1. The van der Waals surface area contributed by atoms with Crippen LogP contribution in [-0.2, 0) is 4.74 Å². The zero-order valence-electron chi connectivity index (χ0n) is 7.20. The fraction of sp³-hybridized carbons (Fsp3) is 1.00. The summed E-state index contributed by atoms with van der Waals surface area (Å²) in [5, 5.41) is 0. The zero-order valence-corrected chi connectivity index (χ0v) is 8.83. The van der Waals surface area contributed by atoms with Gasteiger partial charge in [-0.3, -0.25) is 4.90 Å². The molecule has 72 valence electrons. The molecule has 5 heteroatoms.